The highest BCUT2D eigenvalue weighted by Gasteiger charge is 2.30. The van der Waals surface area contributed by atoms with Gasteiger partial charge in [-0.3, -0.25) is 4.79 Å². The third kappa shape index (κ3) is 3.18. The van der Waals surface area contributed by atoms with Gasteiger partial charge in [0.1, 0.15) is 0 Å². The van der Waals surface area contributed by atoms with Crippen molar-refractivity contribution in [2.75, 3.05) is 25.5 Å². The molecule has 0 radical (unpaired) electrons. The number of pyridine rings is 1. The van der Waals surface area contributed by atoms with Gasteiger partial charge in [-0.05, 0) is 30.7 Å². The number of carbonyl (C=O) groups excluding carboxylic acids is 1. The first-order chi connectivity index (χ1) is 11.1. The number of anilines is 1. The van der Waals surface area contributed by atoms with E-state index >= 15 is 0 Å². The summed E-state index contributed by atoms with van der Waals surface area (Å²) in [6, 6.07) is 8.73. The fourth-order valence-electron chi connectivity index (χ4n) is 2.65. The van der Waals surface area contributed by atoms with Crippen LogP contribution in [0.15, 0.2) is 30.3 Å². The fourth-order valence-corrected chi connectivity index (χ4v) is 2.65. The van der Waals surface area contributed by atoms with E-state index in [0.717, 1.165) is 10.9 Å². The largest absolute Gasteiger partial charge is 0.481 e. The molecule has 23 heavy (non-hydrogen) atoms. The van der Waals surface area contributed by atoms with Crippen LogP contribution in [0.5, 0.6) is 5.88 Å². The van der Waals surface area contributed by atoms with E-state index in [-0.39, 0.29) is 12.6 Å². The number of aromatic nitrogens is 1. The molecule has 0 saturated carbocycles. The third-order valence-corrected chi connectivity index (χ3v) is 3.95. The van der Waals surface area contributed by atoms with Crippen molar-refractivity contribution in [3.05, 3.63) is 30.3 Å². The molecule has 0 bridgehead atoms. The number of benzene rings is 1. The fraction of sp³-hybridized carbons (Fsp3) is 0.312. The van der Waals surface area contributed by atoms with Gasteiger partial charge in [-0.15, -0.1) is 0 Å². The zero-order chi connectivity index (χ0) is 16.4. The maximum absolute atomic E-state index is 12.2. The Morgan fingerprint density at radius 3 is 2.87 bits per heavy atom. The molecule has 2 heterocycles. The lowest BCUT2D eigenvalue weighted by Gasteiger charge is -2.17. The van der Waals surface area contributed by atoms with Crippen LogP contribution in [0.25, 0.3) is 10.9 Å². The second-order valence-electron chi connectivity index (χ2n) is 5.46. The monoisotopic (exact) mass is 315 g/mol. The van der Waals surface area contributed by atoms with E-state index in [1.807, 2.05) is 12.1 Å². The first-order valence-corrected chi connectivity index (χ1v) is 7.30. The van der Waals surface area contributed by atoms with Gasteiger partial charge in [0.2, 0.25) is 5.88 Å². The summed E-state index contributed by atoms with van der Waals surface area (Å²) in [5, 5.41) is 12.7. The summed E-state index contributed by atoms with van der Waals surface area (Å²) >= 11 is 0. The van der Waals surface area contributed by atoms with Crippen molar-refractivity contribution in [3.63, 3.8) is 0 Å². The summed E-state index contributed by atoms with van der Waals surface area (Å²) in [5.41, 5.74) is 1.42. The number of ether oxygens (including phenoxy) is 1. The summed E-state index contributed by atoms with van der Waals surface area (Å²) in [6.45, 7) is 0.697. The van der Waals surface area contributed by atoms with Gasteiger partial charge in [-0.2, -0.15) is 0 Å². The number of carbonyl (C=O) groups is 2. The highest BCUT2D eigenvalue weighted by molar-refractivity contribution is 5.93. The molecule has 7 heteroatoms. The van der Waals surface area contributed by atoms with Crippen molar-refractivity contribution < 1.29 is 19.4 Å². The molecular formula is C16H17N3O4. The molecule has 1 unspecified atom stereocenters. The summed E-state index contributed by atoms with van der Waals surface area (Å²) in [7, 11) is 1.56. The lowest BCUT2D eigenvalue weighted by Crippen LogP contribution is -2.33. The van der Waals surface area contributed by atoms with Crippen LogP contribution in [0.3, 0.4) is 0 Å². The van der Waals surface area contributed by atoms with Gasteiger partial charge in [-0.25, -0.2) is 9.78 Å². The minimum Gasteiger partial charge on any atom is -0.481 e. The number of fused-ring (bicyclic) bond motifs is 1. The summed E-state index contributed by atoms with van der Waals surface area (Å²) in [6.07, 6.45) is 0.490. The van der Waals surface area contributed by atoms with Crippen LogP contribution in [0.4, 0.5) is 10.5 Å². The Kier molecular flexibility index (Phi) is 4.01. The summed E-state index contributed by atoms with van der Waals surface area (Å²) in [5.74, 6) is -0.800. The Balaban J connectivity index is 1.71. The Bertz CT molecular complexity index is 762. The number of likely N-dealkylation sites (tertiary alicyclic amines) is 1. The van der Waals surface area contributed by atoms with Crippen LogP contribution in [-0.4, -0.2) is 47.2 Å². The van der Waals surface area contributed by atoms with Crippen molar-refractivity contribution in [1.29, 1.82) is 0 Å². The number of aliphatic carboxylic acids is 1. The van der Waals surface area contributed by atoms with Crippen LogP contribution in [0.2, 0.25) is 0 Å². The zero-order valence-electron chi connectivity index (χ0n) is 12.7. The van der Waals surface area contributed by atoms with Crippen LogP contribution in [-0.2, 0) is 4.79 Å². The summed E-state index contributed by atoms with van der Waals surface area (Å²) < 4.78 is 5.08. The zero-order valence-corrected chi connectivity index (χ0v) is 12.7. The van der Waals surface area contributed by atoms with Gasteiger partial charge in [0.05, 0.1) is 18.5 Å². The minimum absolute atomic E-state index is 0.244. The number of amides is 2. The molecule has 120 valence electrons. The predicted octanol–water partition coefficient (Wildman–Crippen LogP) is 2.18. The molecule has 2 N–H and O–H groups in total. The number of rotatable bonds is 3. The Labute approximate surface area is 132 Å². The van der Waals surface area contributed by atoms with Gasteiger partial charge in [0, 0.05) is 30.2 Å². The SMILES string of the molecule is COc1ccc2cc(NC(=O)N3CCC(C(=O)O)C3)ccc2n1. The van der Waals surface area contributed by atoms with Crippen LogP contribution in [0, 0.1) is 5.92 Å². The Morgan fingerprint density at radius 2 is 2.17 bits per heavy atom. The minimum atomic E-state index is -0.856. The molecule has 1 aliphatic rings. The van der Waals surface area contributed by atoms with E-state index in [2.05, 4.69) is 10.3 Å². The van der Waals surface area contributed by atoms with Gasteiger partial charge < -0.3 is 20.1 Å². The van der Waals surface area contributed by atoms with Crippen molar-refractivity contribution in [1.82, 2.24) is 9.88 Å². The molecule has 1 aliphatic heterocycles. The van der Waals surface area contributed by atoms with Crippen molar-refractivity contribution in [2.24, 2.45) is 5.92 Å². The maximum atomic E-state index is 12.2. The van der Waals surface area contributed by atoms with Crippen molar-refractivity contribution >= 4 is 28.6 Å². The lowest BCUT2D eigenvalue weighted by molar-refractivity contribution is -0.141. The van der Waals surface area contributed by atoms with Gasteiger partial charge >= 0.3 is 12.0 Å². The maximum Gasteiger partial charge on any atom is 0.321 e. The molecule has 1 atom stereocenters. The normalized spacial score (nSPS) is 17.3. The standard InChI is InChI=1S/C16H17N3O4/c1-23-14-5-2-10-8-12(3-4-13(10)18-14)17-16(22)19-7-6-11(9-19)15(20)21/h2-5,8,11H,6-7,9H2,1H3,(H,17,22)(H,20,21). The topological polar surface area (TPSA) is 91.8 Å². The predicted molar refractivity (Wildman–Crippen MR) is 84.6 cm³/mol. The van der Waals surface area contributed by atoms with Gasteiger partial charge in [-0.1, -0.05) is 0 Å². The second-order valence-corrected chi connectivity index (χ2v) is 5.46. The molecule has 0 spiro atoms. The van der Waals surface area contributed by atoms with E-state index < -0.39 is 11.9 Å². The highest BCUT2D eigenvalue weighted by Crippen LogP contribution is 2.22. The number of urea groups is 1. The van der Waals surface area contributed by atoms with E-state index in [4.69, 9.17) is 9.84 Å². The highest BCUT2D eigenvalue weighted by atomic mass is 16.5. The molecular weight excluding hydrogens is 298 g/mol. The van der Waals surface area contributed by atoms with Gasteiger partial charge in [0.25, 0.3) is 0 Å². The molecule has 1 aromatic heterocycles. The molecule has 1 fully saturated rings. The first-order valence-electron chi connectivity index (χ1n) is 7.30. The average molecular weight is 315 g/mol. The third-order valence-electron chi connectivity index (χ3n) is 3.95. The van der Waals surface area contributed by atoms with Crippen LogP contribution >= 0.6 is 0 Å². The van der Waals surface area contributed by atoms with Gasteiger partial charge in [0.15, 0.2) is 0 Å². The van der Waals surface area contributed by atoms with Crippen LogP contribution in [0.1, 0.15) is 6.42 Å². The lowest BCUT2D eigenvalue weighted by atomic mass is 10.1. The molecule has 1 saturated heterocycles. The molecule has 3 rings (SSSR count). The second kappa shape index (κ2) is 6.12. The molecule has 0 aliphatic carbocycles. The Morgan fingerprint density at radius 1 is 1.35 bits per heavy atom. The quantitative estimate of drug-likeness (QED) is 0.906. The molecule has 7 nitrogen and oxygen atoms in total. The van der Waals surface area contributed by atoms with E-state index in [1.165, 1.54) is 4.90 Å². The molecule has 1 aromatic carbocycles. The summed E-state index contributed by atoms with van der Waals surface area (Å²) in [4.78, 5) is 29.0. The van der Waals surface area contributed by atoms with Crippen LogP contribution < -0.4 is 10.1 Å². The number of carboxylic acid groups (broad SMARTS) is 1. The number of hydrogen-bond acceptors (Lipinski definition) is 4. The van der Waals surface area contributed by atoms with E-state index in [0.29, 0.717) is 24.5 Å². The number of carboxylic acids is 1. The number of methoxy groups -OCH3 is 1. The Hall–Kier alpha value is -2.83. The number of nitrogens with zero attached hydrogens (tertiary/aromatic N) is 2. The number of nitrogens with one attached hydrogen (secondary N) is 1. The van der Waals surface area contributed by atoms with Crippen molar-refractivity contribution in [3.8, 4) is 5.88 Å². The smallest absolute Gasteiger partial charge is 0.321 e. The molecule has 2 aromatic rings. The average Bonchev–Trinajstić information content (AvgIpc) is 3.04. The van der Waals surface area contributed by atoms with E-state index in [1.54, 1.807) is 25.3 Å². The van der Waals surface area contributed by atoms with Crippen molar-refractivity contribution in [2.45, 2.75) is 6.42 Å². The van der Waals surface area contributed by atoms with E-state index in [9.17, 15) is 9.59 Å². The number of hydrogen-bond donors (Lipinski definition) is 2. The molecule has 2 amide bonds. The first kappa shape index (κ1) is 15.1.